The lowest BCUT2D eigenvalue weighted by molar-refractivity contribution is 0.507. The summed E-state index contributed by atoms with van der Waals surface area (Å²) in [6, 6.07) is 1.65. The highest BCUT2D eigenvalue weighted by Crippen LogP contribution is 2.29. The zero-order chi connectivity index (χ0) is 13.3. The Bertz CT molecular complexity index is 567. The molecule has 0 bridgehead atoms. The van der Waals surface area contributed by atoms with Crippen LogP contribution in [0.5, 0.6) is 0 Å². The molecule has 6 N–H and O–H groups in total. The number of anilines is 1. The first kappa shape index (κ1) is 12.5. The first-order valence-electron chi connectivity index (χ1n) is 5.25. The van der Waals surface area contributed by atoms with E-state index in [4.69, 9.17) is 11.6 Å². The standard InChI is InChI=1S/C11H13F2N5/c1-5-2-3-7(12)8(9(5)13)10(17-15)6-4-16-18-11(6)14/h2-4,10,17H,15H2,1H3,(H3,14,16,18). The summed E-state index contributed by atoms with van der Waals surface area (Å²) in [6.07, 6.45) is 1.38. The molecule has 0 saturated heterocycles. The number of rotatable bonds is 3. The molecule has 0 aliphatic heterocycles. The van der Waals surface area contributed by atoms with Crippen LogP contribution in [0.2, 0.25) is 0 Å². The van der Waals surface area contributed by atoms with E-state index in [1.54, 1.807) is 6.92 Å². The zero-order valence-corrected chi connectivity index (χ0v) is 9.67. The van der Waals surface area contributed by atoms with Crippen molar-refractivity contribution in [1.29, 1.82) is 0 Å². The molecule has 0 spiro atoms. The molecular weight excluding hydrogens is 240 g/mol. The predicted octanol–water partition coefficient (Wildman–Crippen LogP) is 1.13. The van der Waals surface area contributed by atoms with Crippen LogP contribution in [0, 0.1) is 18.6 Å². The van der Waals surface area contributed by atoms with Crippen LogP contribution in [0.25, 0.3) is 0 Å². The number of nitrogens with zero attached hydrogens (tertiary/aromatic N) is 1. The number of aryl methyl sites for hydroxylation is 1. The maximum absolute atomic E-state index is 14.0. The van der Waals surface area contributed by atoms with Crippen LogP contribution in [0.15, 0.2) is 18.3 Å². The molecular formula is C11H13F2N5. The van der Waals surface area contributed by atoms with Gasteiger partial charge in [-0.15, -0.1) is 0 Å². The second kappa shape index (κ2) is 4.71. The quantitative estimate of drug-likeness (QED) is 0.487. The third-order valence-electron chi connectivity index (χ3n) is 2.79. The van der Waals surface area contributed by atoms with Gasteiger partial charge in [-0.3, -0.25) is 10.9 Å². The fourth-order valence-electron chi connectivity index (χ4n) is 1.81. The second-order valence-electron chi connectivity index (χ2n) is 3.93. The van der Waals surface area contributed by atoms with Gasteiger partial charge in [0.15, 0.2) is 0 Å². The molecule has 0 amide bonds. The van der Waals surface area contributed by atoms with E-state index in [9.17, 15) is 8.78 Å². The molecule has 1 atom stereocenters. The molecule has 1 aromatic carbocycles. The Kier molecular flexibility index (Phi) is 3.26. The number of H-pyrrole nitrogens is 1. The Morgan fingerprint density at radius 3 is 2.67 bits per heavy atom. The van der Waals surface area contributed by atoms with Gasteiger partial charge < -0.3 is 5.73 Å². The van der Waals surface area contributed by atoms with E-state index < -0.39 is 17.7 Å². The minimum absolute atomic E-state index is 0.175. The summed E-state index contributed by atoms with van der Waals surface area (Å²) < 4.78 is 27.8. The average Bonchev–Trinajstić information content (AvgIpc) is 2.76. The van der Waals surface area contributed by atoms with Crippen LogP contribution in [-0.4, -0.2) is 10.2 Å². The molecule has 96 valence electrons. The molecule has 0 saturated carbocycles. The Morgan fingerprint density at radius 2 is 2.11 bits per heavy atom. The third kappa shape index (κ3) is 1.93. The number of hydrogen-bond donors (Lipinski definition) is 4. The van der Waals surface area contributed by atoms with Crippen molar-refractivity contribution in [3.8, 4) is 0 Å². The van der Waals surface area contributed by atoms with Crippen molar-refractivity contribution < 1.29 is 8.78 Å². The van der Waals surface area contributed by atoms with Crippen LogP contribution in [0.3, 0.4) is 0 Å². The smallest absolute Gasteiger partial charge is 0.134 e. The summed E-state index contributed by atoms with van der Waals surface area (Å²) in [6.45, 7) is 1.55. The highest BCUT2D eigenvalue weighted by molar-refractivity contribution is 5.45. The lowest BCUT2D eigenvalue weighted by atomic mass is 9.98. The fourth-order valence-corrected chi connectivity index (χ4v) is 1.81. The summed E-state index contributed by atoms with van der Waals surface area (Å²) in [5, 5.41) is 6.20. The van der Waals surface area contributed by atoms with E-state index in [0.29, 0.717) is 11.1 Å². The number of hydrazine groups is 1. The third-order valence-corrected chi connectivity index (χ3v) is 2.79. The summed E-state index contributed by atoms with van der Waals surface area (Å²) in [5.41, 5.74) is 8.53. The first-order valence-corrected chi connectivity index (χ1v) is 5.25. The van der Waals surface area contributed by atoms with Gasteiger partial charge in [-0.25, -0.2) is 14.2 Å². The Labute approximate surface area is 102 Å². The Morgan fingerprint density at radius 1 is 1.39 bits per heavy atom. The van der Waals surface area contributed by atoms with E-state index in [2.05, 4.69) is 15.6 Å². The number of nitrogens with two attached hydrogens (primary N) is 2. The lowest BCUT2D eigenvalue weighted by Crippen LogP contribution is -2.30. The van der Waals surface area contributed by atoms with Crippen molar-refractivity contribution in [1.82, 2.24) is 15.6 Å². The largest absolute Gasteiger partial charge is 0.384 e. The lowest BCUT2D eigenvalue weighted by Gasteiger charge is -2.18. The summed E-state index contributed by atoms with van der Waals surface area (Å²) in [5.74, 6) is 4.23. The topological polar surface area (TPSA) is 92.7 Å². The first-order chi connectivity index (χ1) is 8.56. The highest BCUT2D eigenvalue weighted by Gasteiger charge is 2.24. The summed E-state index contributed by atoms with van der Waals surface area (Å²) >= 11 is 0. The minimum atomic E-state index is -0.899. The second-order valence-corrected chi connectivity index (χ2v) is 3.93. The number of aromatic nitrogens is 2. The number of hydrogen-bond acceptors (Lipinski definition) is 4. The predicted molar refractivity (Wildman–Crippen MR) is 63.3 cm³/mol. The summed E-state index contributed by atoms with van der Waals surface area (Å²) in [4.78, 5) is 0. The van der Waals surface area contributed by atoms with Crippen LogP contribution < -0.4 is 17.0 Å². The normalized spacial score (nSPS) is 12.7. The maximum atomic E-state index is 14.0. The number of halogens is 2. The van der Waals surface area contributed by atoms with Crippen molar-refractivity contribution >= 4 is 5.82 Å². The van der Waals surface area contributed by atoms with Crippen LogP contribution in [-0.2, 0) is 0 Å². The van der Waals surface area contributed by atoms with Gasteiger partial charge >= 0.3 is 0 Å². The molecule has 2 aromatic rings. The van der Waals surface area contributed by atoms with Gasteiger partial charge in [0.2, 0.25) is 0 Å². The molecule has 0 fully saturated rings. The van der Waals surface area contributed by atoms with Crippen molar-refractivity contribution in [3.05, 3.63) is 46.7 Å². The van der Waals surface area contributed by atoms with Gasteiger partial charge in [0.1, 0.15) is 17.5 Å². The number of aromatic amines is 1. The number of nitrogens with one attached hydrogen (secondary N) is 2. The van der Waals surface area contributed by atoms with Crippen LogP contribution >= 0.6 is 0 Å². The molecule has 1 aromatic heterocycles. The van der Waals surface area contributed by atoms with E-state index >= 15 is 0 Å². The van der Waals surface area contributed by atoms with E-state index in [0.717, 1.165) is 0 Å². The van der Waals surface area contributed by atoms with Gasteiger partial charge in [-0.1, -0.05) is 6.07 Å². The van der Waals surface area contributed by atoms with Crippen molar-refractivity contribution in [2.45, 2.75) is 13.0 Å². The summed E-state index contributed by atoms with van der Waals surface area (Å²) in [7, 11) is 0. The SMILES string of the molecule is Cc1ccc(F)c(C(NN)c2cn[nH]c2N)c1F. The van der Waals surface area contributed by atoms with Crippen molar-refractivity contribution in [3.63, 3.8) is 0 Å². The molecule has 2 rings (SSSR count). The number of benzene rings is 1. The monoisotopic (exact) mass is 253 g/mol. The minimum Gasteiger partial charge on any atom is -0.384 e. The van der Waals surface area contributed by atoms with Crippen LogP contribution in [0.1, 0.15) is 22.7 Å². The molecule has 0 radical (unpaired) electrons. The average molecular weight is 253 g/mol. The molecule has 0 aliphatic rings. The van der Waals surface area contributed by atoms with E-state index in [1.807, 2.05) is 0 Å². The van der Waals surface area contributed by atoms with Gasteiger partial charge in [-0.2, -0.15) is 5.10 Å². The fraction of sp³-hybridized carbons (Fsp3) is 0.182. The molecule has 7 heteroatoms. The van der Waals surface area contributed by atoms with Gasteiger partial charge in [0, 0.05) is 11.1 Å². The van der Waals surface area contributed by atoms with Gasteiger partial charge in [0.25, 0.3) is 0 Å². The van der Waals surface area contributed by atoms with Gasteiger partial charge in [0.05, 0.1) is 12.2 Å². The molecule has 1 unspecified atom stereocenters. The van der Waals surface area contributed by atoms with Crippen LogP contribution in [0.4, 0.5) is 14.6 Å². The van der Waals surface area contributed by atoms with E-state index in [-0.39, 0.29) is 11.4 Å². The van der Waals surface area contributed by atoms with E-state index in [1.165, 1.54) is 18.3 Å². The van der Waals surface area contributed by atoms with Crippen molar-refractivity contribution in [2.75, 3.05) is 5.73 Å². The molecule has 0 aliphatic carbocycles. The maximum Gasteiger partial charge on any atom is 0.134 e. The Hall–Kier alpha value is -1.99. The molecule has 18 heavy (non-hydrogen) atoms. The Balaban J connectivity index is 2.59. The zero-order valence-electron chi connectivity index (χ0n) is 9.67. The van der Waals surface area contributed by atoms with Gasteiger partial charge in [-0.05, 0) is 18.6 Å². The molecule has 1 heterocycles. The molecule has 5 nitrogen and oxygen atoms in total. The van der Waals surface area contributed by atoms with Crippen molar-refractivity contribution in [2.24, 2.45) is 5.84 Å². The highest BCUT2D eigenvalue weighted by atomic mass is 19.1. The number of nitrogen functional groups attached to an aromatic ring is 1.